The summed E-state index contributed by atoms with van der Waals surface area (Å²) in [6.07, 6.45) is 2.29. The van der Waals surface area contributed by atoms with Crippen LogP contribution in [0.3, 0.4) is 0 Å². The smallest absolute Gasteiger partial charge is 0.257 e. The molecule has 3 aromatic rings. The molecule has 9 heteroatoms. The summed E-state index contributed by atoms with van der Waals surface area (Å²) in [6, 6.07) is 14.1. The molecule has 0 saturated heterocycles. The van der Waals surface area contributed by atoms with Crippen molar-refractivity contribution >= 4 is 35.0 Å². The van der Waals surface area contributed by atoms with Crippen molar-refractivity contribution in [3.05, 3.63) is 59.9 Å². The summed E-state index contributed by atoms with van der Waals surface area (Å²) in [7, 11) is 1.93. The van der Waals surface area contributed by atoms with Crippen molar-refractivity contribution in [2.75, 3.05) is 23.0 Å². The fraction of sp³-hybridized carbons (Fsp3) is 0.304. The molecule has 0 spiro atoms. The third-order valence-electron chi connectivity index (χ3n) is 5.01. The summed E-state index contributed by atoms with van der Waals surface area (Å²) in [5.41, 5.74) is 1.48. The van der Waals surface area contributed by atoms with Gasteiger partial charge in [-0.15, -0.1) is 10.2 Å². The van der Waals surface area contributed by atoms with Crippen LogP contribution >= 0.6 is 11.8 Å². The number of para-hydroxylation sites is 1. The molecule has 2 aromatic carbocycles. The maximum Gasteiger partial charge on any atom is 0.257 e. The van der Waals surface area contributed by atoms with Gasteiger partial charge < -0.3 is 19.9 Å². The number of ether oxygens (including phenoxy) is 1. The van der Waals surface area contributed by atoms with E-state index in [1.54, 1.807) is 48.5 Å². The number of hydrogen-bond donors (Lipinski definition) is 2. The second-order valence-electron chi connectivity index (χ2n) is 7.47. The Morgan fingerprint density at radius 3 is 2.56 bits per heavy atom. The molecule has 0 unspecified atom stereocenters. The second-order valence-corrected chi connectivity index (χ2v) is 8.41. The Bertz CT molecular complexity index is 1110. The fourth-order valence-electron chi connectivity index (χ4n) is 3.25. The van der Waals surface area contributed by atoms with Gasteiger partial charge in [-0.25, -0.2) is 0 Å². The van der Waals surface area contributed by atoms with Crippen LogP contribution < -0.4 is 15.4 Å². The summed E-state index contributed by atoms with van der Waals surface area (Å²) < 4.78 is 7.37. The number of anilines is 2. The predicted octanol–water partition coefficient (Wildman–Crippen LogP) is 4.07. The van der Waals surface area contributed by atoms with E-state index in [2.05, 4.69) is 20.8 Å². The normalized spacial score (nSPS) is 12.9. The molecule has 0 radical (unpaired) electrons. The van der Waals surface area contributed by atoms with Crippen molar-refractivity contribution in [1.82, 2.24) is 14.8 Å². The average Bonchev–Trinajstić information content (AvgIpc) is 3.57. The van der Waals surface area contributed by atoms with Gasteiger partial charge in [-0.2, -0.15) is 0 Å². The molecule has 166 valence electrons. The number of hydrogen-bond acceptors (Lipinski definition) is 6. The zero-order valence-corrected chi connectivity index (χ0v) is 18.8. The van der Waals surface area contributed by atoms with Crippen LogP contribution in [0.2, 0.25) is 0 Å². The Morgan fingerprint density at radius 1 is 1.09 bits per heavy atom. The van der Waals surface area contributed by atoms with E-state index in [1.165, 1.54) is 11.8 Å². The number of aromatic nitrogens is 3. The molecule has 8 nitrogen and oxygen atoms in total. The minimum atomic E-state index is -0.305. The molecule has 1 aromatic heterocycles. The largest absolute Gasteiger partial charge is 0.494 e. The third kappa shape index (κ3) is 5.28. The van der Waals surface area contributed by atoms with E-state index in [0.717, 1.165) is 24.4 Å². The van der Waals surface area contributed by atoms with Gasteiger partial charge >= 0.3 is 0 Å². The van der Waals surface area contributed by atoms with Crippen LogP contribution in [0.4, 0.5) is 11.4 Å². The molecule has 1 heterocycles. The van der Waals surface area contributed by atoms with Gasteiger partial charge in [0.2, 0.25) is 5.91 Å². The average molecular weight is 452 g/mol. The maximum atomic E-state index is 12.8. The highest BCUT2D eigenvalue weighted by Crippen LogP contribution is 2.39. The standard InChI is InChI=1S/C23H25N5O3S/c1-3-31-17-12-10-16(11-13-17)24-22(30)18-6-4-5-7-19(18)25-20(29)14-32-23-27-26-21(28(23)2)15-8-9-15/h4-7,10-13,15H,3,8-9,14H2,1-2H3,(H,24,30)(H,25,29). The van der Waals surface area contributed by atoms with Gasteiger partial charge in [0, 0.05) is 18.7 Å². The molecule has 0 aliphatic heterocycles. The highest BCUT2D eigenvalue weighted by atomic mass is 32.2. The quantitative estimate of drug-likeness (QED) is 0.476. The lowest BCUT2D eigenvalue weighted by molar-refractivity contribution is -0.113. The Morgan fingerprint density at radius 2 is 1.84 bits per heavy atom. The van der Waals surface area contributed by atoms with E-state index >= 15 is 0 Å². The van der Waals surface area contributed by atoms with E-state index in [4.69, 9.17) is 4.74 Å². The van der Waals surface area contributed by atoms with Crippen LogP contribution in [0.25, 0.3) is 0 Å². The molecular weight excluding hydrogens is 426 g/mol. The van der Waals surface area contributed by atoms with Gasteiger partial charge in [-0.3, -0.25) is 9.59 Å². The number of rotatable bonds is 9. The maximum absolute atomic E-state index is 12.8. The molecule has 1 aliphatic rings. The fourth-order valence-corrected chi connectivity index (χ4v) is 3.97. The van der Waals surface area contributed by atoms with Crippen LogP contribution in [-0.4, -0.2) is 38.9 Å². The number of carbonyl (C=O) groups excluding carboxylic acids is 2. The molecule has 0 bridgehead atoms. The van der Waals surface area contributed by atoms with Crippen LogP contribution in [0, 0.1) is 0 Å². The van der Waals surface area contributed by atoms with Crippen molar-refractivity contribution in [3.63, 3.8) is 0 Å². The highest BCUT2D eigenvalue weighted by Gasteiger charge is 2.29. The number of carbonyl (C=O) groups is 2. The van der Waals surface area contributed by atoms with Gasteiger partial charge in [0.1, 0.15) is 11.6 Å². The topological polar surface area (TPSA) is 98.1 Å². The summed E-state index contributed by atoms with van der Waals surface area (Å²) >= 11 is 1.33. The lowest BCUT2D eigenvalue weighted by atomic mass is 10.1. The molecule has 2 N–H and O–H groups in total. The Labute approximate surface area is 190 Å². The summed E-state index contributed by atoms with van der Waals surface area (Å²) in [4.78, 5) is 25.4. The van der Waals surface area contributed by atoms with Crippen LogP contribution in [0.15, 0.2) is 53.7 Å². The molecule has 32 heavy (non-hydrogen) atoms. The molecule has 1 aliphatic carbocycles. The van der Waals surface area contributed by atoms with Gasteiger partial charge in [-0.05, 0) is 56.2 Å². The van der Waals surface area contributed by atoms with Crippen molar-refractivity contribution in [1.29, 1.82) is 0 Å². The summed E-state index contributed by atoms with van der Waals surface area (Å²) in [6.45, 7) is 2.49. The van der Waals surface area contributed by atoms with E-state index in [9.17, 15) is 9.59 Å². The van der Waals surface area contributed by atoms with Crippen molar-refractivity contribution < 1.29 is 14.3 Å². The number of thioether (sulfide) groups is 1. The van der Waals surface area contributed by atoms with Gasteiger partial charge in [0.05, 0.1) is 23.6 Å². The minimum Gasteiger partial charge on any atom is -0.494 e. The van der Waals surface area contributed by atoms with Crippen molar-refractivity contribution in [2.45, 2.75) is 30.8 Å². The Kier molecular flexibility index (Phi) is 6.75. The lowest BCUT2D eigenvalue weighted by Crippen LogP contribution is -2.19. The van der Waals surface area contributed by atoms with Gasteiger partial charge in [0.25, 0.3) is 5.91 Å². The number of nitrogens with one attached hydrogen (secondary N) is 2. The van der Waals surface area contributed by atoms with E-state index in [1.807, 2.05) is 18.5 Å². The van der Waals surface area contributed by atoms with Crippen molar-refractivity contribution in [2.24, 2.45) is 7.05 Å². The predicted molar refractivity (Wildman–Crippen MR) is 124 cm³/mol. The molecule has 0 atom stereocenters. The monoisotopic (exact) mass is 451 g/mol. The van der Waals surface area contributed by atoms with Gasteiger partial charge in [-0.1, -0.05) is 23.9 Å². The summed E-state index contributed by atoms with van der Waals surface area (Å²) in [5, 5.41) is 14.8. The molecule has 4 rings (SSSR count). The molecular formula is C23H25N5O3S. The molecule has 1 fully saturated rings. The first-order valence-corrected chi connectivity index (χ1v) is 11.5. The first kappa shape index (κ1) is 21.9. The Balaban J connectivity index is 1.37. The first-order chi connectivity index (χ1) is 15.5. The van der Waals surface area contributed by atoms with Crippen LogP contribution in [0.1, 0.15) is 41.9 Å². The number of amides is 2. The second kappa shape index (κ2) is 9.86. The first-order valence-electron chi connectivity index (χ1n) is 10.5. The number of nitrogens with zero attached hydrogens (tertiary/aromatic N) is 3. The highest BCUT2D eigenvalue weighted by molar-refractivity contribution is 7.99. The van der Waals surface area contributed by atoms with Crippen LogP contribution in [-0.2, 0) is 11.8 Å². The lowest BCUT2D eigenvalue weighted by Gasteiger charge is -2.12. The summed E-state index contributed by atoms with van der Waals surface area (Å²) in [5.74, 6) is 1.86. The van der Waals surface area contributed by atoms with E-state index in [-0.39, 0.29) is 17.6 Å². The zero-order chi connectivity index (χ0) is 22.5. The van der Waals surface area contributed by atoms with Crippen LogP contribution in [0.5, 0.6) is 5.75 Å². The molecule has 1 saturated carbocycles. The SMILES string of the molecule is CCOc1ccc(NC(=O)c2ccccc2NC(=O)CSc2nnc(C3CC3)n2C)cc1. The van der Waals surface area contributed by atoms with E-state index in [0.29, 0.717) is 34.6 Å². The zero-order valence-electron chi connectivity index (χ0n) is 18.0. The van der Waals surface area contributed by atoms with E-state index < -0.39 is 0 Å². The third-order valence-corrected chi connectivity index (χ3v) is 6.03. The van der Waals surface area contributed by atoms with Gasteiger partial charge in [0.15, 0.2) is 5.16 Å². The molecule has 2 amide bonds. The minimum absolute atomic E-state index is 0.172. The Hall–Kier alpha value is -3.33. The number of benzene rings is 2. The van der Waals surface area contributed by atoms with Crippen molar-refractivity contribution in [3.8, 4) is 5.75 Å².